The van der Waals surface area contributed by atoms with Crippen LogP contribution in [0.1, 0.15) is 10.4 Å². The van der Waals surface area contributed by atoms with Crippen molar-refractivity contribution in [1.29, 1.82) is 0 Å². The SMILES string of the molecule is O=C(c1ccc([N+](=O)[O-])cc1)N1CCN(CCOc2ccc([N+](=O)[O-])cc2)CC1. The molecule has 2 aromatic rings. The molecule has 1 aliphatic heterocycles. The number of amides is 1. The Bertz CT molecular complexity index is 877. The van der Waals surface area contributed by atoms with Crippen LogP contribution >= 0.6 is 0 Å². The van der Waals surface area contributed by atoms with E-state index in [0.29, 0.717) is 50.6 Å². The topological polar surface area (TPSA) is 119 Å². The summed E-state index contributed by atoms with van der Waals surface area (Å²) in [5, 5.41) is 21.3. The molecule has 152 valence electrons. The van der Waals surface area contributed by atoms with Crippen molar-refractivity contribution in [1.82, 2.24) is 9.80 Å². The molecule has 29 heavy (non-hydrogen) atoms. The molecule has 0 radical (unpaired) electrons. The van der Waals surface area contributed by atoms with Gasteiger partial charge in [0.05, 0.1) is 9.85 Å². The minimum absolute atomic E-state index is 0.0196. The van der Waals surface area contributed by atoms with Crippen LogP contribution in [-0.4, -0.2) is 64.9 Å². The maximum Gasteiger partial charge on any atom is 0.269 e. The second kappa shape index (κ2) is 9.11. The average Bonchev–Trinajstić information content (AvgIpc) is 2.74. The summed E-state index contributed by atoms with van der Waals surface area (Å²) in [6.45, 7) is 3.63. The summed E-state index contributed by atoms with van der Waals surface area (Å²) >= 11 is 0. The fourth-order valence-corrected chi connectivity index (χ4v) is 3.04. The van der Waals surface area contributed by atoms with Crippen molar-refractivity contribution in [2.24, 2.45) is 0 Å². The Morgan fingerprint density at radius 3 is 1.90 bits per heavy atom. The molecule has 1 aliphatic rings. The van der Waals surface area contributed by atoms with Gasteiger partial charge >= 0.3 is 0 Å². The first-order valence-corrected chi connectivity index (χ1v) is 9.07. The number of hydrogen-bond acceptors (Lipinski definition) is 7. The van der Waals surface area contributed by atoms with Crippen molar-refractivity contribution in [3.63, 3.8) is 0 Å². The van der Waals surface area contributed by atoms with Crippen LogP contribution in [0.4, 0.5) is 11.4 Å². The van der Waals surface area contributed by atoms with Crippen molar-refractivity contribution in [3.05, 3.63) is 74.3 Å². The van der Waals surface area contributed by atoms with Gasteiger partial charge in [0.25, 0.3) is 17.3 Å². The van der Waals surface area contributed by atoms with E-state index in [1.807, 2.05) is 0 Å². The molecule has 0 bridgehead atoms. The molecule has 10 heteroatoms. The van der Waals surface area contributed by atoms with Gasteiger partial charge in [-0.2, -0.15) is 0 Å². The second-order valence-corrected chi connectivity index (χ2v) is 6.54. The van der Waals surface area contributed by atoms with E-state index in [4.69, 9.17) is 4.74 Å². The molecule has 0 saturated carbocycles. The molecule has 0 spiro atoms. The maximum atomic E-state index is 12.5. The minimum Gasteiger partial charge on any atom is -0.492 e. The molecule has 10 nitrogen and oxygen atoms in total. The van der Waals surface area contributed by atoms with Crippen LogP contribution in [0.3, 0.4) is 0 Å². The third kappa shape index (κ3) is 5.26. The van der Waals surface area contributed by atoms with E-state index in [-0.39, 0.29) is 17.3 Å². The average molecular weight is 400 g/mol. The summed E-state index contributed by atoms with van der Waals surface area (Å²) in [6, 6.07) is 11.6. The lowest BCUT2D eigenvalue weighted by Gasteiger charge is -2.34. The highest BCUT2D eigenvalue weighted by molar-refractivity contribution is 5.94. The van der Waals surface area contributed by atoms with Gasteiger partial charge in [-0.25, -0.2) is 0 Å². The Labute approximate surface area is 166 Å². The van der Waals surface area contributed by atoms with Crippen LogP contribution in [0.5, 0.6) is 5.75 Å². The highest BCUT2D eigenvalue weighted by Crippen LogP contribution is 2.18. The molecular formula is C19H20N4O6. The lowest BCUT2D eigenvalue weighted by atomic mass is 10.1. The maximum absolute atomic E-state index is 12.5. The van der Waals surface area contributed by atoms with Gasteiger partial charge in [-0.3, -0.25) is 29.9 Å². The smallest absolute Gasteiger partial charge is 0.269 e. The van der Waals surface area contributed by atoms with Gasteiger partial charge < -0.3 is 9.64 Å². The minimum atomic E-state index is -0.494. The molecular weight excluding hydrogens is 380 g/mol. The zero-order valence-electron chi connectivity index (χ0n) is 15.6. The number of hydrogen-bond donors (Lipinski definition) is 0. The van der Waals surface area contributed by atoms with E-state index >= 15 is 0 Å². The van der Waals surface area contributed by atoms with Gasteiger partial charge in [-0.15, -0.1) is 0 Å². The lowest BCUT2D eigenvalue weighted by Crippen LogP contribution is -2.49. The Balaban J connectivity index is 1.42. The lowest BCUT2D eigenvalue weighted by molar-refractivity contribution is -0.385. The standard InChI is InChI=1S/C19H20N4O6/c24-19(15-1-3-16(4-2-15)22(25)26)21-11-9-20(10-12-21)13-14-29-18-7-5-17(6-8-18)23(27)28/h1-8H,9-14H2. The summed E-state index contributed by atoms with van der Waals surface area (Å²) in [4.78, 5) is 36.8. The van der Waals surface area contributed by atoms with Crippen molar-refractivity contribution in [3.8, 4) is 5.75 Å². The van der Waals surface area contributed by atoms with Crippen molar-refractivity contribution >= 4 is 17.3 Å². The number of carbonyl (C=O) groups is 1. The van der Waals surface area contributed by atoms with Gasteiger partial charge in [0.15, 0.2) is 0 Å². The Hall–Kier alpha value is -3.53. The number of nitro benzene ring substituents is 2. The zero-order valence-corrected chi connectivity index (χ0v) is 15.6. The van der Waals surface area contributed by atoms with Gasteiger partial charge in [0, 0.05) is 62.6 Å². The predicted octanol–water partition coefficient (Wildman–Crippen LogP) is 2.34. The summed E-state index contributed by atoms with van der Waals surface area (Å²) in [5.74, 6) is 0.435. The summed E-state index contributed by atoms with van der Waals surface area (Å²) < 4.78 is 5.62. The third-order valence-electron chi connectivity index (χ3n) is 4.71. The Morgan fingerprint density at radius 1 is 0.862 bits per heavy atom. The number of ether oxygens (including phenoxy) is 1. The molecule has 0 N–H and O–H groups in total. The molecule has 3 rings (SSSR count). The number of non-ortho nitro benzene ring substituents is 2. The molecule has 1 fully saturated rings. The fraction of sp³-hybridized carbons (Fsp3) is 0.316. The molecule has 0 atom stereocenters. The molecule has 1 heterocycles. The van der Waals surface area contributed by atoms with Crippen LogP contribution in [0.2, 0.25) is 0 Å². The van der Waals surface area contributed by atoms with E-state index < -0.39 is 9.85 Å². The Kier molecular flexibility index (Phi) is 6.35. The van der Waals surface area contributed by atoms with E-state index in [0.717, 1.165) is 0 Å². The van der Waals surface area contributed by atoms with Crippen molar-refractivity contribution in [2.45, 2.75) is 0 Å². The van der Waals surface area contributed by atoms with Crippen molar-refractivity contribution < 1.29 is 19.4 Å². The zero-order chi connectivity index (χ0) is 20.8. The molecule has 1 amide bonds. The first-order chi connectivity index (χ1) is 13.9. The summed E-state index contributed by atoms with van der Waals surface area (Å²) in [6.07, 6.45) is 0. The highest BCUT2D eigenvalue weighted by atomic mass is 16.6. The third-order valence-corrected chi connectivity index (χ3v) is 4.71. The Morgan fingerprint density at radius 2 is 1.38 bits per heavy atom. The number of rotatable bonds is 7. The van der Waals surface area contributed by atoms with Crippen LogP contribution in [0, 0.1) is 20.2 Å². The number of carbonyl (C=O) groups excluding carboxylic acids is 1. The van der Waals surface area contributed by atoms with Gasteiger partial charge in [0.1, 0.15) is 12.4 Å². The van der Waals surface area contributed by atoms with Crippen molar-refractivity contribution in [2.75, 3.05) is 39.3 Å². The highest BCUT2D eigenvalue weighted by Gasteiger charge is 2.22. The number of nitro groups is 2. The molecule has 1 saturated heterocycles. The fourth-order valence-electron chi connectivity index (χ4n) is 3.04. The predicted molar refractivity (Wildman–Crippen MR) is 104 cm³/mol. The van der Waals surface area contributed by atoms with Crippen LogP contribution in [0.15, 0.2) is 48.5 Å². The van der Waals surface area contributed by atoms with Crippen LogP contribution < -0.4 is 4.74 Å². The summed E-state index contributed by atoms with van der Waals surface area (Å²) in [5.41, 5.74) is 0.413. The monoisotopic (exact) mass is 400 g/mol. The van der Waals surface area contributed by atoms with Gasteiger partial charge in [-0.05, 0) is 24.3 Å². The van der Waals surface area contributed by atoms with Gasteiger partial charge in [-0.1, -0.05) is 0 Å². The van der Waals surface area contributed by atoms with E-state index in [9.17, 15) is 25.0 Å². The van der Waals surface area contributed by atoms with E-state index in [2.05, 4.69) is 4.90 Å². The van der Waals surface area contributed by atoms with E-state index in [1.165, 1.54) is 36.4 Å². The number of piperazine rings is 1. The normalized spacial score (nSPS) is 14.4. The largest absolute Gasteiger partial charge is 0.492 e. The molecule has 0 unspecified atom stereocenters. The van der Waals surface area contributed by atoms with Crippen LogP contribution in [0.25, 0.3) is 0 Å². The van der Waals surface area contributed by atoms with E-state index in [1.54, 1.807) is 17.0 Å². The molecule has 2 aromatic carbocycles. The molecule has 0 aromatic heterocycles. The summed E-state index contributed by atoms with van der Waals surface area (Å²) in [7, 11) is 0. The molecule has 0 aliphatic carbocycles. The first kappa shape index (κ1) is 20.2. The quantitative estimate of drug-likeness (QED) is 0.517. The van der Waals surface area contributed by atoms with Crippen LogP contribution in [-0.2, 0) is 0 Å². The van der Waals surface area contributed by atoms with Gasteiger partial charge in [0.2, 0.25) is 0 Å². The second-order valence-electron chi connectivity index (χ2n) is 6.54. The number of nitrogens with zero attached hydrogens (tertiary/aromatic N) is 4. The first-order valence-electron chi connectivity index (χ1n) is 9.07. The number of benzene rings is 2.